The summed E-state index contributed by atoms with van der Waals surface area (Å²) >= 11 is 2.23. The molecule has 2 aromatic carbocycles. The molecule has 0 bridgehead atoms. The van der Waals surface area contributed by atoms with Gasteiger partial charge in [-0.2, -0.15) is 8.42 Å². The predicted molar refractivity (Wildman–Crippen MR) is 102 cm³/mol. The summed E-state index contributed by atoms with van der Waals surface area (Å²) in [7, 11) is -3.91. The number of para-hydroxylation sites is 1. The van der Waals surface area contributed by atoms with E-state index >= 15 is 0 Å². The molecule has 0 spiro atoms. The smallest absolute Gasteiger partial charge is 0.291 e. The van der Waals surface area contributed by atoms with Crippen LogP contribution >= 0.6 is 23.1 Å². The number of carbonyl (C=O) groups excluding carboxylic acids is 1. The zero-order valence-electron chi connectivity index (χ0n) is 13.5. The lowest BCUT2D eigenvalue weighted by atomic mass is 10.3. The van der Waals surface area contributed by atoms with Crippen LogP contribution in [0.5, 0.6) is 0 Å². The average Bonchev–Trinajstić information content (AvgIpc) is 3.06. The van der Waals surface area contributed by atoms with Gasteiger partial charge in [0.15, 0.2) is 0 Å². The summed E-state index contributed by atoms with van der Waals surface area (Å²) in [6, 6.07) is 16.7. The van der Waals surface area contributed by atoms with Gasteiger partial charge in [-0.15, -0.1) is 10.2 Å². The minimum Gasteiger partial charge on any atom is -0.301 e. The second-order valence-electron chi connectivity index (χ2n) is 5.07. The predicted octanol–water partition coefficient (Wildman–Crippen LogP) is 3.45. The number of sulfonamides is 1. The Morgan fingerprint density at radius 2 is 1.73 bits per heavy atom. The van der Waals surface area contributed by atoms with Gasteiger partial charge < -0.3 is 5.32 Å². The van der Waals surface area contributed by atoms with Gasteiger partial charge in [0.25, 0.3) is 14.4 Å². The Morgan fingerprint density at radius 3 is 2.46 bits per heavy atom. The monoisotopic (exact) mass is 406 g/mol. The number of rotatable bonds is 6. The van der Waals surface area contributed by atoms with E-state index in [-0.39, 0.29) is 15.4 Å². The minimum atomic E-state index is -3.91. The quantitative estimate of drug-likeness (QED) is 0.608. The molecule has 0 saturated carbocycles. The van der Waals surface area contributed by atoms with Crippen LogP contribution in [0.3, 0.4) is 0 Å². The summed E-state index contributed by atoms with van der Waals surface area (Å²) in [5.74, 6) is -0.345. The van der Waals surface area contributed by atoms with Gasteiger partial charge >= 0.3 is 0 Å². The maximum Gasteiger partial charge on any atom is 0.291 e. The van der Waals surface area contributed by atoms with Crippen molar-refractivity contribution in [1.82, 2.24) is 10.2 Å². The molecule has 0 aliphatic heterocycles. The molecule has 3 aromatic rings. The van der Waals surface area contributed by atoms with Crippen LogP contribution in [0.4, 0.5) is 10.8 Å². The maximum atomic E-state index is 12.6. The van der Waals surface area contributed by atoms with Gasteiger partial charge in [-0.1, -0.05) is 53.4 Å². The summed E-state index contributed by atoms with van der Waals surface area (Å²) in [5.41, 5.74) is 0.442. The van der Waals surface area contributed by atoms with Crippen LogP contribution in [0.25, 0.3) is 0 Å². The van der Waals surface area contributed by atoms with Crippen molar-refractivity contribution < 1.29 is 13.2 Å². The van der Waals surface area contributed by atoms with Crippen molar-refractivity contribution in [3.8, 4) is 0 Å². The van der Waals surface area contributed by atoms with E-state index in [9.17, 15) is 13.2 Å². The summed E-state index contributed by atoms with van der Waals surface area (Å²) < 4.78 is 27.5. The number of aromatic nitrogens is 2. The van der Waals surface area contributed by atoms with E-state index in [0.717, 1.165) is 21.1 Å². The second kappa shape index (κ2) is 7.85. The molecule has 0 aliphatic carbocycles. The number of amides is 1. The Bertz CT molecular complexity index is 1020. The zero-order chi connectivity index (χ0) is 18.6. The molecule has 7 nitrogen and oxygen atoms in total. The third-order valence-electron chi connectivity index (χ3n) is 3.02. The first kappa shape index (κ1) is 18.4. The fourth-order valence-electron chi connectivity index (χ4n) is 1.96. The van der Waals surface area contributed by atoms with Crippen LogP contribution in [0, 0.1) is 0 Å². The molecule has 10 heteroatoms. The lowest BCUT2D eigenvalue weighted by molar-refractivity contribution is -0.114. The van der Waals surface area contributed by atoms with Crippen molar-refractivity contribution in [3.05, 3.63) is 54.6 Å². The van der Waals surface area contributed by atoms with Crippen molar-refractivity contribution in [3.63, 3.8) is 0 Å². The Hall–Kier alpha value is -2.43. The average molecular weight is 407 g/mol. The molecule has 26 heavy (non-hydrogen) atoms. The highest BCUT2D eigenvalue weighted by Gasteiger charge is 2.22. The van der Waals surface area contributed by atoms with Gasteiger partial charge in [0.05, 0.1) is 5.69 Å². The summed E-state index contributed by atoms with van der Waals surface area (Å²) in [6.45, 7) is 1.31. The van der Waals surface area contributed by atoms with Gasteiger partial charge in [0.2, 0.25) is 11.0 Å². The van der Waals surface area contributed by atoms with Crippen LogP contribution in [0.1, 0.15) is 6.92 Å². The van der Waals surface area contributed by atoms with Crippen molar-refractivity contribution in [2.24, 2.45) is 0 Å². The van der Waals surface area contributed by atoms with E-state index in [1.54, 1.807) is 12.1 Å². The molecule has 134 valence electrons. The summed E-state index contributed by atoms with van der Waals surface area (Å²) in [4.78, 5) is 12.8. The molecule has 0 radical (unpaired) electrons. The van der Waals surface area contributed by atoms with E-state index in [4.69, 9.17) is 0 Å². The van der Waals surface area contributed by atoms with E-state index in [1.165, 1.54) is 18.7 Å². The molecule has 0 atom stereocenters. The summed E-state index contributed by atoms with van der Waals surface area (Å²) in [6.07, 6.45) is 0. The zero-order valence-corrected chi connectivity index (χ0v) is 16.0. The Morgan fingerprint density at radius 1 is 1.04 bits per heavy atom. The fourth-order valence-corrected chi connectivity index (χ4v) is 4.98. The van der Waals surface area contributed by atoms with Crippen molar-refractivity contribution in [1.29, 1.82) is 0 Å². The number of benzene rings is 2. The van der Waals surface area contributed by atoms with Crippen LogP contribution < -0.4 is 10.0 Å². The van der Waals surface area contributed by atoms with Crippen LogP contribution in [0.15, 0.2) is 68.7 Å². The lowest BCUT2D eigenvalue weighted by Crippen LogP contribution is -2.13. The first-order chi connectivity index (χ1) is 12.4. The molecule has 1 amide bonds. The minimum absolute atomic E-state index is 0.129. The topological polar surface area (TPSA) is 101 Å². The van der Waals surface area contributed by atoms with Crippen LogP contribution in [0.2, 0.25) is 0 Å². The van der Waals surface area contributed by atoms with Crippen LogP contribution in [-0.4, -0.2) is 24.5 Å². The molecule has 2 N–H and O–H groups in total. The van der Waals surface area contributed by atoms with Crippen LogP contribution in [-0.2, 0) is 14.8 Å². The van der Waals surface area contributed by atoms with Gasteiger partial charge in [-0.25, -0.2) is 0 Å². The van der Waals surface area contributed by atoms with Crippen molar-refractivity contribution >= 4 is 49.8 Å². The molecule has 1 aromatic heterocycles. The second-order valence-corrected chi connectivity index (χ2v) is 9.02. The van der Waals surface area contributed by atoms with E-state index < -0.39 is 10.0 Å². The highest BCUT2D eigenvalue weighted by Crippen LogP contribution is 2.34. The third kappa shape index (κ3) is 4.59. The normalized spacial score (nSPS) is 11.1. The number of hydrogen-bond donors (Lipinski definition) is 2. The Labute approximate surface area is 158 Å². The first-order valence-electron chi connectivity index (χ1n) is 7.40. The Balaban J connectivity index is 1.84. The number of hydrogen-bond acceptors (Lipinski definition) is 7. The highest BCUT2D eigenvalue weighted by atomic mass is 32.2. The Kier molecular flexibility index (Phi) is 5.55. The lowest BCUT2D eigenvalue weighted by Gasteiger charge is -2.10. The SMILES string of the molecule is CC(=O)Nc1nnc(S(=O)(=O)Nc2ccccc2Sc2ccccc2)s1. The van der Waals surface area contributed by atoms with Crippen molar-refractivity contribution in [2.75, 3.05) is 10.0 Å². The largest absolute Gasteiger partial charge is 0.301 e. The van der Waals surface area contributed by atoms with E-state index in [2.05, 4.69) is 20.2 Å². The molecule has 0 fully saturated rings. The maximum absolute atomic E-state index is 12.6. The first-order valence-corrected chi connectivity index (χ1v) is 10.5. The molecule has 1 heterocycles. The molecule has 0 saturated heterocycles. The van der Waals surface area contributed by atoms with Gasteiger partial charge in [-0.05, 0) is 24.3 Å². The number of anilines is 2. The molecular weight excluding hydrogens is 392 g/mol. The van der Waals surface area contributed by atoms with E-state index in [0.29, 0.717) is 5.69 Å². The highest BCUT2D eigenvalue weighted by molar-refractivity contribution is 7.99. The molecule has 3 rings (SSSR count). The molecular formula is C16H14N4O3S3. The standard InChI is InChI=1S/C16H14N4O3S3/c1-11(21)17-15-18-19-16(25-15)26(22,23)20-13-9-5-6-10-14(13)24-12-7-3-2-4-8-12/h2-10,20H,1H3,(H,17,18,21). The van der Waals surface area contributed by atoms with Gasteiger partial charge in [-0.3, -0.25) is 9.52 Å². The van der Waals surface area contributed by atoms with Crippen molar-refractivity contribution in [2.45, 2.75) is 21.1 Å². The third-order valence-corrected chi connectivity index (χ3v) is 6.68. The molecule has 0 aliphatic rings. The van der Waals surface area contributed by atoms with Gasteiger partial charge in [0, 0.05) is 16.7 Å². The number of nitrogens with one attached hydrogen (secondary N) is 2. The number of nitrogens with zero attached hydrogens (tertiary/aromatic N) is 2. The molecule has 0 unspecified atom stereocenters. The van der Waals surface area contributed by atoms with Gasteiger partial charge in [0.1, 0.15) is 0 Å². The fraction of sp³-hybridized carbons (Fsp3) is 0.0625. The van der Waals surface area contributed by atoms with E-state index in [1.807, 2.05) is 42.5 Å². The number of carbonyl (C=O) groups is 1. The summed E-state index contributed by atoms with van der Waals surface area (Å²) in [5, 5.41) is 9.86.